The van der Waals surface area contributed by atoms with Crippen LogP contribution in [0.3, 0.4) is 0 Å². The standard InChI is InChI=1S/C49H49N7O9.C29H23N3O9.C26H31N5O3.C3H8.CH3F/c1-5-31-33-20-30(8-9-38(33)50-43-35(31)24-55-40(43)22-37-36(45(55)59)25-64-46(60)49(37,63)6-2)65-48(62)54-16-12-27(13-17-54)11-15-53-18-14-28-19-29(7-10-39(28)53)56-44(51-52-47(56)61)34-21-32(26(3)4)41(57)23-42(34)58;1-3-18-19-11-17(41-28(35)40-16-7-5-15(6-8-16)32(37)38)9-10-23(19)30-25-20(18)13-31-24(25)12-22-21(26(31)33)14-39-27(34)29(22,36)4-2;1-16(2)20-14-21(24(33)15-23(20)32)25-28-29-26(34)31(25)19-3-4-22-18(13-19)8-12-30(22)11-7-17-5-9-27-10-6-17;1-3-2;1-2/h7-10,14,18-23,26-27,57-58,63H,5-6,11-13,15-17,24-25H2,1-4H3,(H,52,61);5-12,36H,3-4,13-14H2,1-2H3;3-4,8,12-17,27,32-33H,5-7,9-11H2,1-2H3,(H,29,34);3H2,1-2H3;1H3/t49-;29-;;;/m00.../s1/i;;;;1D. The molecule has 2 atom stereocenters. The van der Waals surface area contributed by atoms with Gasteiger partial charge in [-0.3, -0.25) is 24.1 Å². The molecule has 14 heterocycles. The summed E-state index contributed by atoms with van der Waals surface area (Å²) in [5.41, 5.74) is 8.11. The second-order valence-corrected chi connectivity index (χ2v) is 37.6. The minimum absolute atomic E-state index is 0.0184. The zero-order chi connectivity index (χ0) is 104. The number of nitrogens with one attached hydrogen (secondary N) is 3. The molecule has 0 aliphatic carbocycles. The third kappa shape index (κ3) is 19.2. The normalized spacial score (nSPS) is 16.2. The van der Waals surface area contributed by atoms with Crippen molar-refractivity contribution < 1.29 is 84.2 Å². The highest BCUT2D eigenvalue weighted by Gasteiger charge is 2.48. The average Bonchev–Trinajstić information content (AvgIpc) is 1.55. The number of aryl methyl sites for hydroxylation is 4. The summed E-state index contributed by atoms with van der Waals surface area (Å²) in [6.07, 6.45) is 11.5. The molecule has 21 rings (SSSR count). The summed E-state index contributed by atoms with van der Waals surface area (Å²) < 4.78 is 52.9. The van der Waals surface area contributed by atoms with Gasteiger partial charge in [-0.1, -0.05) is 75.7 Å². The summed E-state index contributed by atoms with van der Waals surface area (Å²) in [5, 5.41) is 95.4. The van der Waals surface area contributed by atoms with Gasteiger partial charge in [-0.2, -0.15) is 10.2 Å². The van der Waals surface area contributed by atoms with Crippen LogP contribution in [0.2, 0.25) is 0 Å². The van der Waals surface area contributed by atoms with Crippen molar-refractivity contribution in [2.45, 2.75) is 202 Å². The largest absolute Gasteiger partial charge is 0.519 e. The summed E-state index contributed by atoms with van der Waals surface area (Å²) in [6, 6.07) is 40.4. The van der Waals surface area contributed by atoms with Gasteiger partial charge in [0.2, 0.25) is 0 Å². The van der Waals surface area contributed by atoms with E-state index in [1.807, 2.05) is 102 Å². The van der Waals surface area contributed by atoms with E-state index < -0.39 is 58.8 Å². The van der Waals surface area contributed by atoms with Crippen molar-refractivity contribution in [2.24, 2.45) is 11.8 Å². The van der Waals surface area contributed by atoms with E-state index in [2.05, 4.69) is 61.0 Å². The van der Waals surface area contributed by atoms with Gasteiger partial charge in [0.1, 0.15) is 53.5 Å². The number of carbonyl (C=O) groups is 4. The van der Waals surface area contributed by atoms with Crippen molar-refractivity contribution in [3.8, 4) is 97.2 Å². The molecule has 9 N–H and O–H groups in total. The van der Waals surface area contributed by atoms with E-state index in [4.69, 9.17) is 35.0 Å². The summed E-state index contributed by atoms with van der Waals surface area (Å²) >= 11 is 0. The number of nitro benzene ring substituents is 1. The van der Waals surface area contributed by atoms with Gasteiger partial charge in [0.15, 0.2) is 22.9 Å². The molecule has 8 aromatic heterocycles. The van der Waals surface area contributed by atoms with E-state index in [-0.39, 0.29) is 130 Å². The van der Waals surface area contributed by atoms with Crippen LogP contribution < -0.4 is 42.0 Å². The number of nitrogens with zero attached hydrogens (tertiary/aromatic N) is 12. The molecule has 2 fully saturated rings. The molecule has 0 saturated carbocycles. The number of hydrogen-bond donors (Lipinski definition) is 9. The number of esters is 2. The first-order valence-corrected chi connectivity index (χ1v) is 48.7. The Labute approximate surface area is 831 Å². The molecule has 6 aliphatic heterocycles. The fourth-order valence-corrected chi connectivity index (χ4v) is 20.4. The maximum absolute atomic E-state index is 13.7. The van der Waals surface area contributed by atoms with E-state index in [1.54, 1.807) is 76.4 Å². The smallest absolute Gasteiger partial charge is 0.508 e. The fourth-order valence-electron chi connectivity index (χ4n) is 20.4. The van der Waals surface area contributed by atoms with Crippen molar-refractivity contribution in [2.75, 3.05) is 33.3 Å². The number of aromatic hydroxyl groups is 4. The highest BCUT2D eigenvalue weighted by atomic mass is 19.1. The first kappa shape index (κ1) is 99.3. The van der Waals surface area contributed by atoms with Crippen molar-refractivity contribution >= 4 is 73.5 Å². The molecule has 2 saturated heterocycles. The Morgan fingerprint density at radius 3 is 1.39 bits per heavy atom. The Hall–Kier alpha value is -15.9. The highest BCUT2D eigenvalue weighted by molar-refractivity contribution is 5.93. The van der Waals surface area contributed by atoms with Crippen LogP contribution in [0.15, 0.2) is 177 Å². The Bertz CT molecular complexity index is 7890. The Morgan fingerprint density at radius 2 is 0.966 bits per heavy atom. The number of phenols is 4. The lowest BCUT2D eigenvalue weighted by Gasteiger charge is -2.31. The van der Waals surface area contributed by atoms with Crippen molar-refractivity contribution in [3.63, 3.8) is 0 Å². The number of carbonyl (C=O) groups excluding carboxylic acids is 4. The number of piperidine rings is 2. The van der Waals surface area contributed by atoms with Gasteiger partial charge in [0, 0.05) is 118 Å². The second kappa shape index (κ2) is 41.6. The van der Waals surface area contributed by atoms with Crippen LogP contribution in [0, 0.1) is 22.0 Å². The van der Waals surface area contributed by atoms with Gasteiger partial charge in [-0.25, -0.2) is 58.1 Å². The van der Waals surface area contributed by atoms with Crippen LogP contribution in [0.25, 0.3) is 101 Å². The predicted octanol–water partition coefficient (Wildman–Crippen LogP) is 17.2. The number of fused-ring (bicyclic) bond motifs is 12. The third-order valence-electron chi connectivity index (χ3n) is 28.2. The van der Waals surface area contributed by atoms with Gasteiger partial charge in [0.05, 0.1) is 94.0 Å². The number of nitro groups is 1. The quantitative estimate of drug-likeness (QED) is 0.0148. The van der Waals surface area contributed by atoms with Gasteiger partial charge >= 0.3 is 35.6 Å². The molecule has 0 spiro atoms. The highest BCUT2D eigenvalue weighted by Crippen LogP contribution is 2.47. The number of halogens is 1. The number of non-ortho nitro benzene ring substituents is 1. The molecule has 37 heteroatoms. The van der Waals surface area contributed by atoms with Crippen molar-refractivity contribution in [3.05, 3.63) is 265 Å². The van der Waals surface area contributed by atoms with Crippen molar-refractivity contribution in [1.29, 1.82) is 0 Å². The Morgan fingerprint density at radius 1 is 0.545 bits per heavy atom. The number of likely N-dealkylation sites (tertiary alicyclic amines) is 1. The number of aliphatic hydroxyl groups is 2. The molecule has 15 aromatic rings. The summed E-state index contributed by atoms with van der Waals surface area (Å²) in [6.45, 7) is 24.6. The molecule has 145 heavy (non-hydrogen) atoms. The van der Waals surface area contributed by atoms with Gasteiger partial charge in [-0.15, -0.1) is 0 Å². The molecule has 7 aromatic carbocycles. The summed E-state index contributed by atoms with van der Waals surface area (Å²) in [7, 11) is -1.00. The van der Waals surface area contributed by atoms with E-state index in [0.717, 1.165) is 113 Å². The van der Waals surface area contributed by atoms with Gasteiger partial charge < -0.3 is 82.8 Å². The lowest BCUT2D eigenvalue weighted by atomic mass is 9.86. The predicted molar refractivity (Wildman–Crippen MR) is 541 cm³/mol. The number of rotatable bonds is 20. The zero-order valence-corrected chi connectivity index (χ0v) is 81.9. The van der Waals surface area contributed by atoms with Crippen LogP contribution in [-0.4, -0.2) is 156 Å². The van der Waals surface area contributed by atoms with Gasteiger partial charge in [0.25, 0.3) is 16.8 Å². The van der Waals surface area contributed by atoms with E-state index in [0.29, 0.717) is 111 Å². The molecule has 754 valence electrons. The number of pyridine rings is 4. The van der Waals surface area contributed by atoms with E-state index in [1.165, 1.54) is 64.8 Å². The molecular weight excluding hydrogens is 1860 g/mol. The molecule has 0 unspecified atom stereocenters. The number of ether oxygens (including phenoxy) is 5. The van der Waals surface area contributed by atoms with Crippen LogP contribution in [0.4, 0.5) is 19.7 Å². The number of aromatic nitrogens is 12. The Kier molecular flexibility index (Phi) is 28.5. The van der Waals surface area contributed by atoms with E-state index >= 15 is 0 Å². The maximum atomic E-state index is 13.7. The monoisotopic (exact) mass is 1980 g/mol. The molecule has 0 radical (unpaired) electrons. The number of phenolic OH excluding ortho intramolecular Hbond substituents is 4. The number of H-pyrrole nitrogens is 2. The number of amides is 1. The molecule has 6 aliphatic rings. The molecule has 0 bridgehead atoms. The van der Waals surface area contributed by atoms with E-state index in [9.17, 15) is 83.5 Å². The lowest BCUT2D eigenvalue weighted by molar-refractivity contribution is -0.384. The number of alkyl halides is 1. The van der Waals surface area contributed by atoms with Gasteiger partial charge in [-0.05, 0) is 245 Å². The third-order valence-corrected chi connectivity index (χ3v) is 28.2. The van der Waals surface area contributed by atoms with Crippen LogP contribution >= 0.6 is 0 Å². The first-order chi connectivity index (χ1) is 70.2. The molecular formula is C108H114FN15O21. The fraction of sp³-hybridized carbons (Fsp3) is 0.352. The number of cyclic esters (lactones) is 2. The van der Waals surface area contributed by atoms with Crippen LogP contribution in [-0.2, 0) is 82.5 Å². The minimum Gasteiger partial charge on any atom is -0.508 e. The minimum atomic E-state index is -1.91. The summed E-state index contributed by atoms with van der Waals surface area (Å²) in [5.74, 6) is 0.564. The van der Waals surface area contributed by atoms with Crippen LogP contribution in [0.5, 0.6) is 40.2 Å². The maximum Gasteiger partial charge on any atom is 0.519 e. The Balaban J connectivity index is 0.000000155. The van der Waals surface area contributed by atoms with Crippen LogP contribution in [0.1, 0.15) is 196 Å². The average molecular weight is 1980 g/mol. The number of benzene rings is 7. The van der Waals surface area contributed by atoms with Crippen molar-refractivity contribution in [1.82, 2.24) is 68.0 Å². The number of aromatic amines is 2. The topological polar surface area (TPSA) is 475 Å². The first-order valence-electron chi connectivity index (χ1n) is 49.5. The zero-order valence-electron chi connectivity index (χ0n) is 82.9. The molecule has 1 amide bonds. The number of hydrogen-bond acceptors (Lipinski definition) is 26. The summed E-state index contributed by atoms with van der Waals surface area (Å²) in [4.78, 5) is 126. The lowest BCUT2D eigenvalue weighted by Crippen LogP contribution is -2.44. The second-order valence-electron chi connectivity index (χ2n) is 37.6. The molecule has 36 nitrogen and oxygen atoms in total. The SMILES string of the molecule is CC(C)c1cc(-c2n[nH]c(=O)n2-c2ccc3c(ccn3CCC3CCNCC3)c2)c(O)cc1O.CCC.CCc1c2c(nc3ccc(OC(=O)N4CCC(CCn5ccc6cc(-n7c(-c8cc(C(C)C)c(O)cc8O)n[nH]c7=O)ccc65)CC4)cc13)-c1cc3c(c(=O)n1C2)COC(=O)[C@]3(O)CC.CCc1c2c(nc3ccc(OC(=O)Oc4ccc([N+](=O)[O-])cc4)cc13)-c1cc3c(c(=O)n1C2)COC(=O)[C@]3(O)CC.[2H]CF.